The molecule has 0 aliphatic carbocycles. The van der Waals surface area contributed by atoms with Gasteiger partial charge in [-0.05, 0) is 58.9 Å². The van der Waals surface area contributed by atoms with Gasteiger partial charge in [0, 0.05) is 18.6 Å². The van der Waals surface area contributed by atoms with Crippen LogP contribution in [-0.4, -0.2) is 26.3 Å². The number of halogens is 2. The Balaban J connectivity index is 2.02. The van der Waals surface area contributed by atoms with Gasteiger partial charge in [-0.25, -0.2) is 4.39 Å². The van der Waals surface area contributed by atoms with Crippen LogP contribution in [0.1, 0.15) is 25.8 Å². The molecule has 2 nitrogen and oxygen atoms in total. The smallest absolute Gasteiger partial charge is 0.137 e. The summed E-state index contributed by atoms with van der Waals surface area (Å²) in [6.45, 7) is 8.01. The van der Waals surface area contributed by atoms with E-state index in [2.05, 4.69) is 35.1 Å². The van der Waals surface area contributed by atoms with Gasteiger partial charge in [0.25, 0.3) is 0 Å². The van der Waals surface area contributed by atoms with Crippen LogP contribution >= 0.6 is 15.9 Å². The molecule has 0 radical (unpaired) electrons. The lowest BCUT2D eigenvalue weighted by Gasteiger charge is -2.28. The minimum absolute atomic E-state index is 0.145. The van der Waals surface area contributed by atoms with Gasteiger partial charge < -0.3 is 10.1 Å². The molecule has 1 aromatic carbocycles. The minimum Gasteiger partial charge on any atom is -0.381 e. The molecule has 1 fully saturated rings. The van der Waals surface area contributed by atoms with Crippen molar-refractivity contribution in [3.63, 3.8) is 0 Å². The Hall–Kier alpha value is -0.450. The molecule has 0 aromatic heterocycles. The van der Waals surface area contributed by atoms with E-state index in [0.29, 0.717) is 10.4 Å². The molecule has 20 heavy (non-hydrogen) atoms. The van der Waals surface area contributed by atoms with E-state index in [9.17, 15) is 4.39 Å². The Kier molecular flexibility index (Phi) is 5.58. The highest BCUT2D eigenvalue weighted by Gasteiger charge is 2.34. The van der Waals surface area contributed by atoms with Crippen LogP contribution in [0.4, 0.5) is 4.39 Å². The molecule has 1 saturated heterocycles. The zero-order valence-corrected chi connectivity index (χ0v) is 13.8. The van der Waals surface area contributed by atoms with Crippen molar-refractivity contribution >= 4 is 15.9 Å². The van der Waals surface area contributed by atoms with Crippen LogP contribution in [0.25, 0.3) is 0 Å². The average molecular weight is 344 g/mol. The first-order chi connectivity index (χ1) is 9.51. The first kappa shape index (κ1) is 15.9. The van der Waals surface area contributed by atoms with E-state index in [-0.39, 0.29) is 11.2 Å². The molecule has 1 N–H and O–H groups in total. The quantitative estimate of drug-likeness (QED) is 0.848. The van der Waals surface area contributed by atoms with E-state index in [4.69, 9.17) is 4.74 Å². The molecule has 0 saturated carbocycles. The van der Waals surface area contributed by atoms with E-state index < -0.39 is 0 Å². The van der Waals surface area contributed by atoms with Crippen molar-refractivity contribution in [3.8, 4) is 0 Å². The third-order valence-corrected chi connectivity index (χ3v) is 4.41. The number of nitrogens with one attached hydrogen (secondary N) is 1. The maximum absolute atomic E-state index is 13.3. The normalized spacial score (nSPS) is 22.6. The van der Waals surface area contributed by atoms with Crippen LogP contribution in [0.5, 0.6) is 0 Å². The number of hydrogen-bond acceptors (Lipinski definition) is 2. The maximum atomic E-state index is 13.3. The molecule has 1 aromatic rings. The topological polar surface area (TPSA) is 21.3 Å². The zero-order valence-electron chi connectivity index (χ0n) is 12.2. The van der Waals surface area contributed by atoms with Crippen LogP contribution in [-0.2, 0) is 11.2 Å². The molecule has 0 spiro atoms. The molecule has 0 bridgehead atoms. The highest BCUT2D eigenvalue weighted by atomic mass is 79.9. The highest BCUT2D eigenvalue weighted by molar-refractivity contribution is 9.10. The second-order valence-electron chi connectivity index (χ2n) is 6.25. The van der Waals surface area contributed by atoms with Crippen LogP contribution < -0.4 is 5.32 Å². The minimum atomic E-state index is -0.205. The van der Waals surface area contributed by atoms with E-state index in [1.54, 1.807) is 0 Å². The summed E-state index contributed by atoms with van der Waals surface area (Å²) in [6.07, 6.45) is 1.99. The fourth-order valence-corrected chi connectivity index (χ4v) is 3.13. The largest absolute Gasteiger partial charge is 0.381 e. The van der Waals surface area contributed by atoms with E-state index in [1.165, 1.54) is 6.07 Å². The molecule has 1 unspecified atom stereocenters. The zero-order chi connectivity index (χ0) is 14.6. The van der Waals surface area contributed by atoms with Gasteiger partial charge in [0.2, 0.25) is 0 Å². The molecule has 1 heterocycles. The molecule has 1 atom stereocenters. The Morgan fingerprint density at radius 3 is 2.85 bits per heavy atom. The molecule has 4 heteroatoms. The monoisotopic (exact) mass is 343 g/mol. The lowest BCUT2D eigenvalue weighted by molar-refractivity contribution is 0.148. The van der Waals surface area contributed by atoms with Crippen molar-refractivity contribution in [2.45, 2.75) is 26.7 Å². The standard InChI is InChI=1S/C16H23BrFNO/c1-12(2)9-19-10-16(5-6-20-11-16)8-13-3-4-15(18)14(17)7-13/h3-4,7,12,19H,5-6,8-11H2,1-2H3. The van der Waals surface area contributed by atoms with Crippen LogP contribution in [0.3, 0.4) is 0 Å². The molecule has 112 valence electrons. The summed E-state index contributed by atoms with van der Waals surface area (Å²) in [7, 11) is 0. The fourth-order valence-electron chi connectivity index (χ4n) is 2.70. The summed E-state index contributed by atoms with van der Waals surface area (Å²) in [5.41, 5.74) is 1.31. The van der Waals surface area contributed by atoms with Gasteiger partial charge in [0.15, 0.2) is 0 Å². The van der Waals surface area contributed by atoms with Gasteiger partial charge in [0.1, 0.15) is 5.82 Å². The Labute approximate surface area is 129 Å². The maximum Gasteiger partial charge on any atom is 0.137 e. The SMILES string of the molecule is CC(C)CNCC1(Cc2ccc(F)c(Br)c2)CCOC1. The average Bonchev–Trinajstić information content (AvgIpc) is 2.82. The third kappa shape index (κ3) is 4.27. The predicted molar refractivity (Wildman–Crippen MR) is 83.4 cm³/mol. The summed E-state index contributed by atoms with van der Waals surface area (Å²) in [4.78, 5) is 0. The van der Waals surface area contributed by atoms with Gasteiger partial charge >= 0.3 is 0 Å². The molecular weight excluding hydrogens is 321 g/mol. The lowest BCUT2D eigenvalue weighted by Crippen LogP contribution is -2.38. The summed E-state index contributed by atoms with van der Waals surface area (Å²) in [6, 6.07) is 5.30. The van der Waals surface area contributed by atoms with Gasteiger partial charge in [-0.2, -0.15) is 0 Å². The van der Waals surface area contributed by atoms with Crippen molar-refractivity contribution in [2.75, 3.05) is 26.3 Å². The lowest BCUT2D eigenvalue weighted by atomic mass is 9.80. The van der Waals surface area contributed by atoms with Crippen molar-refractivity contribution in [1.82, 2.24) is 5.32 Å². The fraction of sp³-hybridized carbons (Fsp3) is 0.625. The summed E-state index contributed by atoms with van der Waals surface area (Å²) < 4.78 is 19.5. The van der Waals surface area contributed by atoms with Crippen molar-refractivity contribution in [1.29, 1.82) is 0 Å². The van der Waals surface area contributed by atoms with Gasteiger partial charge in [-0.3, -0.25) is 0 Å². The van der Waals surface area contributed by atoms with E-state index >= 15 is 0 Å². The second-order valence-corrected chi connectivity index (χ2v) is 7.11. The van der Waals surface area contributed by atoms with E-state index in [0.717, 1.165) is 44.7 Å². The van der Waals surface area contributed by atoms with Crippen LogP contribution in [0, 0.1) is 17.2 Å². The summed E-state index contributed by atoms with van der Waals surface area (Å²) in [5.74, 6) is 0.442. The molecular formula is C16H23BrFNO. The number of hydrogen-bond donors (Lipinski definition) is 1. The van der Waals surface area contributed by atoms with Crippen molar-refractivity contribution < 1.29 is 9.13 Å². The predicted octanol–water partition coefficient (Wildman–Crippen LogP) is 3.78. The molecule has 1 aliphatic heterocycles. The summed E-state index contributed by atoms with van der Waals surface area (Å²) in [5, 5.41) is 3.55. The Morgan fingerprint density at radius 2 is 2.25 bits per heavy atom. The van der Waals surface area contributed by atoms with Gasteiger partial charge in [-0.15, -0.1) is 0 Å². The van der Waals surface area contributed by atoms with Crippen LogP contribution in [0.15, 0.2) is 22.7 Å². The Morgan fingerprint density at radius 1 is 1.45 bits per heavy atom. The van der Waals surface area contributed by atoms with Gasteiger partial charge in [0.05, 0.1) is 11.1 Å². The van der Waals surface area contributed by atoms with Crippen molar-refractivity contribution in [3.05, 3.63) is 34.1 Å². The van der Waals surface area contributed by atoms with Gasteiger partial charge in [-0.1, -0.05) is 19.9 Å². The second kappa shape index (κ2) is 7.01. The Bertz CT molecular complexity index is 444. The van der Waals surface area contributed by atoms with Crippen LogP contribution in [0.2, 0.25) is 0 Å². The number of rotatable bonds is 6. The van der Waals surface area contributed by atoms with E-state index in [1.807, 2.05) is 12.1 Å². The molecule has 0 amide bonds. The summed E-state index contributed by atoms with van der Waals surface area (Å²) >= 11 is 3.26. The number of ether oxygens (including phenoxy) is 1. The highest BCUT2D eigenvalue weighted by Crippen LogP contribution is 2.33. The molecule has 1 aliphatic rings. The molecule has 2 rings (SSSR count). The van der Waals surface area contributed by atoms with Crippen molar-refractivity contribution in [2.24, 2.45) is 11.3 Å². The number of benzene rings is 1. The first-order valence-corrected chi connectivity index (χ1v) is 8.02. The first-order valence-electron chi connectivity index (χ1n) is 7.23. The third-order valence-electron chi connectivity index (χ3n) is 3.80.